The summed E-state index contributed by atoms with van der Waals surface area (Å²) in [4.78, 5) is 42.2. The molecule has 1 aliphatic rings. The Hall–Kier alpha value is -3.70. The van der Waals surface area contributed by atoms with Gasteiger partial charge in [0.2, 0.25) is 15.9 Å². The van der Waals surface area contributed by atoms with Gasteiger partial charge in [0.05, 0.1) is 12.3 Å². The quantitative estimate of drug-likeness (QED) is 0.519. The third-order valence-electron chi connectivity index (χ3n) is 6.28. The van der Waals surface area contributed by atoms with Gasteiger partial charge in [-0.15, -0.1) is 0 Å². The average Bonchev–Trinajstić information content (AvgIpc) is 2.85. The minimum Gasteiger partial charge on any atom is -0.383 e. The fourth-order valence-electron chi connectivity index (χ4n) is 4.33. The Morgan fingerprint density at radius 2 is 1.71 bits per heavy atom. The van der Waals surface area contributed by atoms with E-state index in [-0.39, 0.29) is 36.8 Å². The van der Waals surface area contributed by atoms with Crippen LogP contribution in [0.5, 0.6) is 0 Å². The molecule has 4 rings (SSSR count). The van der Waals surface area contributed by atoms with Gasteiger partial charge in [0, 0.05) is 13.6 Å². The van der Waals surface area contributed by atoms with Crippen LogP contribution in [0.4, 0.5) is 11.5 Å². The molecule has 10 nitrogen and oxygen atoms in total. The number of hydrogen-bond donors (Lipinski definition) is 2. The first-order valence-electron chi connectivity index (χ1n) is 11.1. The minimum absolute atomic E-state index is 0.0515. The SMILES string of the molecule is CCS(=O)(=O)N1Cc2ccccc2CC1C(=O)N(C)c1c(N)n(Cc2ccccc2)c(=O)[nH]c1=O. The minimum atomic E-state index is -3.74. The summed E-state index contributed by atoms with van der Waals surface area (Å²) in [6.07, 6.45) is 0.153. The fraction of sp³-hybridized carbons (Fsp3) is 0.292. The Labute approximate surface area is 202 Å². The molecule has 0 spiro atoms. The first-order valence-corrected chi connectivity index (χ1v) is 12.7. The average molecular weight is 498 g/mol. The standard InChI is InChI=1S/C24H27N5O5S/c1-3-35(33,34)29-15-18-12-8-7-11-17(18)13-19(29)23(31)27(2)20-21(25)28(24(32)26-22(20)30)14-16-9-5-4-6-10-16/h4-12,19H,3,13-15,25H2,1-2H3,(H,26,30,32). The van der Waals surface area contributed by atoms with E-state index in [9.17, 15) is 22.8 Å². The number of amides is 1. The van der Waals surface area contributed by atoms with Crippen LogP contribution in [0.15, 0.2) is 64.2 Å². The summed E-state index contributed by atoms with van der Waals surface area (Å²) < 4.78 is 28.1. The lowest BCUT2D eigenvalue weighted by atomic mass is 9.95. The van der Waals surface area contributed by atoms with Crippen molar-refractivity contribution in [2.75, 3.05) is 23.4 Å². The number of nitrogens with two attached hydrogens (primary N) is 1. The Kier molecular flexibility index (Phi) is 6.64. The number of anilines is 2. The smallest absolute Gasteiger partial charge is 0.330 e. The Bertz CT molecular complexity index is 1480. The number of likely N-dealkylation sites (N-methyl/N-ethyl adjacent to an activating group) is 1. The van der Waals surface area contributed by atoms with Gasteiger partial charge in [-0.25, -0.2) is 13.2 Å². The van der Waals surface area contributed by atoms with Crippen molar-refractivity contribution in [2.45, 2.75) is 32.5 Å². The number of fused-ring (bicyclic) bond motifs is 1. The van der Waals surface area contributed by atoms with Crippen molar-refractivity contribution in [1.82, 2.24) is 13.9 Å². The van der Waals surface area contributed by atoms with Gasteiger partial charge in [0.1, 0.15) is 11.9 Å². The predicted octanol–water partition coefficient (Wildman–Crippen LogP) is 0.907. The molecule has 1 atom stereocenters. The van der Waals surface area contributed by atoms with Gasteiger partial charge < -0.3 is 10.6 Å². The number of aromatic nitrogens is 2. The number of H-pyrrole nitrogens is 1. The molecule has 1 aliphatic heterocycles. The van der Waals surface area contributed by atoms with Crippen LogP contribution in [0, 0.1) is 0 Å². The van der Waals surface area contributed by atoms with E-state index in [1.807, 2.05) is 42.5 Å². The topological polar surface area (TPSA) is 139 Å². The van der Waals surface area contributed by atoms with E-state index in [4.69, 9.17) is 5.73 Å². The van der Waals surface area contributed by atoms with Crippen molar-refractivity contribution in [3.05, 3.63) is 92.1 Å². The molecule has 1 aromatic heterocycles. The van der Waals surface area contributed by atoms with Gasteiger partial charge >= 0.3 is 5.69 Å². The third kappa shape index (κ3) is 4.64. The van der Waals surface area contributed by atoms with E-state index in [1.165, 1.54) is 22.8 Å². The molecule has 1 amide bonds. The second-order valence-electron chi connectivity index (χ2n) is 8.40. The number of benzene rings is 2. The van der Waals surface area contributed by atoms with Crippen molar-refractivity contribution < 1.29 is 13.2 Å². The molecule has 184 valence electrons. The lowest BCUT2D eigenvalue weighted by molar-refractivity contribution is -0.122. The number of carbonyl (C=O) groups excluding carboxylic acids is 1. The molecule has 0 saturated heterocycles. The van der Waals surface area contributed by atoms with Crippen LogP contribution in [-0.2, 0) is 34.3 Å². The molecule has 11 heteroatoms. The molecular formula is C24H27N5O5S. The van der Waals surface area contributed by atoms with E-state index >= 15 is 0 Å². The number of nitrogens with one attached hydrogen (secondary N) is 1. The number of hydrogen-bond acceptors (Lipinski definition) is 6. The molecule has 2 aromatic carbocycles. The number of aromatic amines is 1. The predicted molar refractivity (Wildman–Crippen MR) is 134 cm³/mol. The normalized spacial score (nSPS) is 16.0. The summed E-state index contributed by atoms with van der Waals surface area (Å²) in [5, 5.41) is 0. The summed E-state index contributed by atoms with van der Waals surface area (Å²) in [7, 11) is -2.38. The van der Waals surface area contributed by atoms with Gasteiger partial charge in [-0.1, -0.05) is 54.6 Å². The molecule has 3 N–H and O–H groups in total. The molecule has 2 heterocycles. The molecule has 35 heavy (non-hydrogen) atoms. The third-order valence-corrected chi connectivity index (χ3v) is 8.10. The highest BCUT2D eigenvalue weighted by Crippen LogP contribution is 2.28. The number of carbonyl (C=O) groups is 1. The van der Waals surface area contributed by atoms with E-state index in [0.29, 0.717) is 0 Å². The van der Waals surface area contributed by atoms with Crippen molar-refractivity contribution in [2.24, 2.45) is 0 Å². The van der Waals surface area contributed by atoms with Crippen LogP contribution in [-0.4, -0.2) is 47.0 Å². The number of rotatable bonds is 6. The number of nitrogen functional groups attached to an aromatic ring is 1. The maximum atomic E-state index is 13.7. The summed E-state index contributed by atoms with van der Waals surface area (Å²) in [5.41, 5.74) is 6.96. The summed E-state index contributed by atoms with van der Waals surface area (Å²) in [6, 6.07) is 15.3. The molecule has 0 bridgehead atoms. The van der Waals surface area contributed by atoms with Gasteiger partial charge in [0.15, 0.2) is 5.69 Å². The lowest BCUT2D eigenvalue weighted by Gasteiger charge is -2.36. The highest BCUT2D eigenvalue weighted by Gasteiger charge is 2.40. The number of nitrogens with zero attached hydrogens (tertiary/aromatic N) is 3. The zero-order valence-corrected chi connectivity index (χ0v) is 20.3. The fourth-order valence-corrected chi connectivity index (χ4v) is 5.55. The van der Waals surface area contributed by atoms with E-state index in [2.05, 4.69) is 4.98 Å². The van der Waals surface area contributed by atoms with E-state index in [0.717, 1.165) is 21.6 Å². The zero-order valence-electron chi connectivity index (χ0n) is 19.5. The second-order valence-corrected chi connectivity index (χ2v) is 10.6. The Balaban J connectivity index is 1.75. The van der Waals surface area contributed by atoms with Crippen molar-refractivity contribution >= 4 is 27.4 Å². The van der Waals surface area contributed by atoms with Crippen LogP contribution >= 0.6 is 0 Å². The molecule has 1 unspecified atom stereocenters. The maximum absolute atomic E-state index is 13.7. The molecule has 3 aromatic rings. The van der Waals surface area contributed by atoms with E-state index in [1.54, 1.807) is 12.1 Å². The molecule has 0 aliphatic carbocycles. The first-order chi connectivity index (χ1) is 16.6. The highest BCUT2D eigenvalue weighted by atomic mass is 32.2. The number of sulfonamides is 1. The maximum Gasteiger partial charge on any atom is 0.330 e. The van der Waals surface area contributed by atoms with Crippen molar-refractivity contribution in [3.8, 4) is 0 Å². The van der Waals surface area contributed by atoms with Crippen LogP contribution < -0.4 is 21.9 Å². The van der Waals surface area contributed by atoms with Gasteiger partial charge in [-0.05, 0) is 30.0 Å². The zero-order chi connectivity index (χ0) is 25.3. The van der Waals surface area contributed by atoms with Crippen LogP contribution in [0.1, 0.15) is 23.6 Å². The molecule has 0 saturated carbocycles. The first kappa shape index (κ1) is 24.4. The van der Waals surface area contributed by atoms with Gasteiger partial charge in [0.25, 0.3) is 5.56 Å². The van der Waals surface area contributed by atoms with Gasteiger partial charge in [-0.3, -0.25) is 19.1 Å². The van der Waals surface area contributed by atoms with E-state index < -0.39 is 33.2 Å². The van der Waals surface area contributed by atoms with Crippen LogP contribution in [0.25, 0.3) is 0 Å². The summed E-state index contributed by atoms with van der Waals surface area (Å²) >= 11 is 0. The molecule has 0 fully saturated rings. The van der Waals surface area contributed by atoms with Gasteiger partial charge in [-0.2, -0.15) is 4.31 Å². The monoisotopic (exact) mass is 497 g/mol. The molecular weight excluding hydrogens is 470 g/mol. The largest absolute Gasteiger partial charge is 0.383 e. The summed E-state index contributed by atoms with van der Waals surface area (Å²) in [6.45, 7) is 1.66. The summed E-state index contributed by atoms with van der Waals surface area (Å²) in [5.74, 6) is -0.967. The van der Waals surface area contributed by atoms with Crippen molar-refractivity contribution in [1.29, 1.82) is 0 Å². The Morgan fingerprint density at radius 1 is 1.09 bits per heavy atom. The van der Waals surface area contributed by atoms with Crippen molar-refractivity contribution in [3.63, 3.8) is 0 Å². The molecule has 0 radical (unpaired) electrons. The second kappa shape index (κ2) is 9.51. The lowest BCUT2D eigenvalue weighted by Crippen LogP contribution is -2.54. The Morgan fingerprint density at radius 3 is 2.37 bits per heavy atom. The highest BCUT2D eigenvalue weighted by molar-refractivity contribution is 7.89. The van der Waals surface area contributed by atoms with Crippen LogP contribution in [0.2, 0.25) is 0 Å². The van der Waals surface area contributed by atoms with Crippen LogP contribution in [0.3, 0.4) is 0 Å².